The fraction of sp³-hybridized carbons (Fsp3) is 0.500. The molecule has 0 aliphatic heterocycles. The third-order valence-electron chi connectivity index (χ3n) is 3.70. The lowest BCUT2D eigenvalue weighted by atomic mass is 10.3. The molecule has 0 N–H and O–H groups in total. The average Bonchev–Trinajstić information content (AvgIpc) is 2.61. The summed E-state index contributed by atoms with van der Waals surface area (Å²) in [6.45, 7) is 1.34. The van der Waals surface area contributed by atoms with Gasteiger partial charge >= 0.3 is 14.6 Å². The molecule has 0 spiro atoms. The van der Waals surface area contributed by atoms with E-state index >= 15 is 0 Å². The van der Waals surface area contributed by atoms with Crippen molar-refractivity contribution in [1.82, 2.24) is 5.12 Å². The number of halogens is 5. The van der Waals surface area contributed by atoms with Crippen LogP contribution in [0.15, 0.2) is 12.1 Å². The maximum Gasteiger partial charge on any atom is 0.381 e. The molecule has 1 aromatic rings. The van der Waals surface area contributed by atoms with E-state index in [1.54, 1.807) is 6.55 Å². The molecule has 0 radical (unpaired) electrons. The van der Waals surface area contributed by atoms with Gasteiger partial charge in [-0.1, -0.05) is 8.96 Å². The molecule has 0 bridgehead atoms. The first-order valence-electron chi connectivity index (χ1n) is 7.34. The normalized spacial score (nSPS) is 11.5. The zero-order valence-corrected chi connectivity index (χ0v) is 15.0. The molecular formula is C14H19F5N2O3Si. The zero-order valence-electron chi connectivity index (χ0n) is 14.0. The average molecular weight is 386 g/mol. The minimum Gasteiger partial charge on any atom is -0.398 e. The maximum absolute atomic E-state index is 13.8. The highest BCUT2D eigenvalue weighted by atomic mass is 28.4. The molecule has 1 aromatic carbocycles. The van der Waals surface area contributed by atoms with Crippen molar-refractivity contribution < 1.29 is 35.8 Å². The van der Waals surface area contributed by atoms with Crippen molar-refractivity contribution >= 4 is 20.3 Å². The summed E-state index contributed by atoms with van der Waals surface area (Å²) in [6.07, 6.45) is 0.621. The van der Waals surface area contributed by atoms with Gasteiger partial charge in [-0.15, -0.1) is 5.12 Å². The largest absolute Gasteiger partial charge is 0.398 e. The van der Waals surface area contributed by atoms with Crippen LogP contribution in [0.2, 0.25) is 12.6 Å². The van der Waals surface area contributed by atoms with E-state index in [1.807, 2.05) is 0 Å². The van der Waals surface area contributed by atoms with Crippen LogP contribution in [-0.2, 0) is 8.85 Å². The van der Waals surface area contributed by atoms with Crippen molar-refractivity contribution in [2.75, 3.05) is 25.9 Å². The van der Waals surface area contributed by atoms with E-state index in [-0.39, 0.29) is 6.42 Å². The molecule has 0 heterocycles. The highest BCUT2D eigenvalue weighted by Gasteiger charge is 2.29. The van der Waals surface area contributed by atoms with E-state index in [4.69, 9.17) is 8.85 Å². The first kappa shape index (κ1) is 21.3. The molecule has 0 aliphatic carbocycles. The second-order valence-corrected chi connectivity index (χ2v) is 8.93. The predicted molar refractivity (Wildman–Crippen MR) is 82.8 cm³/mol. The summed E-state index contributed by atoms with van der Waals surface area (Å²) in [5, 5.41) is -1.39. The third-order valence-corrected chi connectivity index (χ3v) is 6.69. The molecule has 0 saturated heterocycles. The number of carbonyl (C=O) groups is 1. The number of benzene rings is 1. The smallest absolute Gasteiger partial charge is 0.381 e. The fourth-order valence-corrected chi connectivity index (χ4v) is 3.41. The van der Waals surface area contributed by atoms with Crippen molar-refractivity contribution in [3.63, 3.8) is 0 Å². The van der Waals surface area contributed by atoms with Gasteiger partial charge in [0.2, 0.25) is 0 Å². The van der Waals surface area contributed by atoms with Crippen LogP contribution >= 0.6 is 0 Å². The van der Waals surface area contributed by atoms with Gasteiger partial charge in [0.1, 0.15) is 5.69 Å². The van der Waals surface area contributed by atoms with Crippen LogP contribution in [0.3, 0.4) is 0 Å². The first-order valence-corrected chi connectivity index (χ1v) is 9.86. The van der Waals surface area contributed by atoms with Gasteiger partial charge in [0, 0.05) is 14.2 Å². The molecule has 11 heteroatoms. The van der Waals surface area contributed by atoms with Crippen molar-refractivity contribution in [3.8, 4) is 0 Å². The van der Waals surface area contributed by atoms with Gasteiger partial charge in [-0.25, -0.2) is 18.0 Å². The van der Waals surface area contributed by atoms with E-state index < -0.39 is 54.5 Å². The Hall–Kier alpha value is -1.72. The van der Waals surface area contributed by atoms with Gasteiger partial charge in [0.25, 0.3) is 0 Å². The van der Waals surface area contributed by atoms with Gasteiger partial charge in [-0.3, -0.25) is 0 Å². The Bertz CT molecular complexity index is 604. The summed E-state index contributed by atoms with van der Waals surface area (Å²) in [5.74, 6) is -5.43. The van der Waals surface area contributed by atoms with Gasteiger partial charge < -0.3 is 8.85 Å². The predicted octanol–water partition coefficient (Wildman–Crippen LogP) is 4.25. The number of carbonyl (C=O) groups excluding carboxylic acids is 1. The van der Waals surface area contributed by atoms with Gasteiger partial charge in [-0.2, -0.15) is 5.12 Å². The lowest BCUT2D eigenvalue weighted by molar-refractivity contribution is 0.0619. The third kappa shape index (κ3) is 5.38. The molecule has 5 nitrogen and oxygen atoms in total. The SMILES string of the molecule is CO[Si](C)(CCCCN(F)C(=O)N(F)c1ccc(F)c(F)c1F)OC. The molecular weight excluding hydrogens is 367 g/mol. The molecule has 0 unspecified atom stereocenters. The molecule has 1 rings (SSSR count). The minimum absolute atomic E-state index is 0.172. The molecule has 0 fully saturated rings. The Morgan fingerprint density at radius 3 is 2.24 bits per heavy atom. The summed E-state index contributed by atoms with van der Waals surface area (Å²) in [6, 6.07) is -0.396. The summed E-state index contributed by atoms with van der Waals surface area (Å²) in [5.41, 5.74) is -1.22. The Labute approximate surface area is 143 Å². The minimum atomic E-state index is -2.33. The van der Waals surface area contributed by atoms with Crippen LogP contribution in [0.5, 0.6) is 0 Å². The summed E-state index contributed by atoms with van der Waals surface area (Å²) < 4.78 is 77.3. The molecule has 25 heavy (non-hydrogen) atoms. The summed E-state index contributed by atoms with van der Waals surface area (Å²) >= 11 is 0. The number of anilines is 1. The topological polar surface area (TPSA) is 42.0 Å². The quantitative estimate of drug-likeness (QED) is 0.221. The van der Waals surface area contributed by atoms with Crippen molar-refractivity contribution in [2.45, 2.75) is 25.4 Å². The highest BCUT2D eigenvalue weighted by Crippen LogP contribution is 2.25. The molecule has 0 aromatic heterocycles. The Balaban J connectivity index is 2.60. The van der Waals surface area contributed by atoms with Gasteiger partial charge in [0.15, 0.2) is 17.5 Å². The molecule has 142 valence electrons. The van der Waals surface area contributed by atoms with E-state index in [9.17, 15) is 26.9 Å². The van der Waals surface area contributed by atoms with Gasteiger partial charge in [-0.05, 0) is 37.6 Å². The number of rotatable bonds is 8. The van der Waals surface area contributed by atoms with Gasteiger partial charge in [0.05, 0.1) is 6.54 Å². The summed E-state index contributed by atoms with van der Waals surface area (Å²) in [4.78, 5) is 11.6. The molecule has 2 amide bonds. The number of unbranched alkanes of at least 4 members (excludes halogenated alkanes) is 1. The van der Waals surface area contributed by atoms with Crippen LogP contribution in [0.4, 0.5) is 32.6 Å². The second-order valence-electron chi connectivity index (χ2n) is 5.34. The Morgan fingerprint density at radius 1 is 1.08 bits per heavy atom. The Kier molecular flexibility index (Phi) is 7.77. The number of amides is 2. The highest BCUT2D eigenvalue weighted by molar-refractivity contribution is 6.65. The van der Waals surface area contributed by atoms with E-state index in [0.717, 1.165) is 0 Å². The Morgan fingerprint density at radius 2 is 1.68 bits per heavy atom. The van der Waals surface area contributed by atoms with E-state index in [0.29, 0.717) is 24.6 Å². The fourth-order valence-electron chi connectivity index (χ4n) is 1.95. The molecule has 0 aliphatic rings. The summed E-state index contributed by atoms with van der Waals surface area (Å²) in [7, 11) is 0.669. The van der Waals surface area contributed by atoms with Crippen molar-refractivity contribution in [2.24, 2.45) is 0 Å². The number of hydrogen-bond acceptors (Lipinski definition) is 3. The number of hydrogen-bond donors (Lipinski definition) is 0. The first-order chi connectivity index (χ1) is 11.7. The van der Waals surface area contributed by atoms with Crippen LogP contribution in [0.1, 0.15) is 12.8 Å². The zero-order chi connectivity index (χ0) is 19.2. The van der Waals surface area contributed by atoms with Crippen LogP contribution in [0, 0.1) is 17.5 Å². The van der Waals surface area contributed by atoms with E-state index in [2.05, 4.69) is 0 Å². The lowest BCUT2D eigenvalue weighted by Crippen LogP contribution is -2.37. The van der Waals surface area contributed by atoms with Crippen LogP contribution < -0.4 is 5.12 Å². The van der Waals surface area contributed by atoms with Crippen molar-refractivity contribution in [3.05, 3.63) is 29.6 Å². The lowest BCUT2D eigenvalue weighted by Gasteiger charge is -2.23. The second kappa shape index (κ2) is 9.11. The maximum atomic E-state index is 13.8. The standard InChI is InChI=1S/C14H19F5N2O3Si/c1-23-25(3,24-2)9-5-4-8-20(18)14(22)21(19)11-7-6-10(15)12(16)13(11)17/h6-7H,4-5,8-9H2,1-3H3. The van der Waals surface area contributed by atoms with Crippen LogP contribution in [-0.4, -0.2) is 40.5 Å². The molecule has 0 atom stereocenters. The number of urea groups is 1. The molecule has 0 saturated carbocycles. The van der Waals surface area contributed by atoms with Crippen molar-refractivity contribution in [1.29, 1.82) is 0 Å². The van der Waals surface area contributed by atoms with E-state index in [1.165, 1.54) is 14.2 Å². The van der Waals surface area contributed by atoms with Crippen LogP contribution in [0.25, 0.3) is 0 Å². The number of nitrogens with zero attached hydrogens (tertiary/aromatic N) is 2. The monoisotopic (exact) mass is 386 g/mol.